The van der Waals surface area contributed by atoms with Crippen LogP contribution in [-0.4, -0.2) is 28.0 Å². The summed E-state index contributed by atoms with van der Waals surface area (Å²) in [7, 11) is 0. The van der Waals surface area contributed by atoms with Crippen LogP contribution >= 0.6 is 11.8 Å². The number of aryl methyl sites for hydroxylation is 1. The van der Waals surface area contributed by atoms with Crippen LogP contribution in [0.3, 0.4) is 0 Å². The first-order valence-corrected chi connectivity index (χ1v) is 7.99. The molecule has 3 rings (SSSR count). The van der Waals surface area contributed by atoms with Gasteiger partial charge in [0.15, 0.2) is 5.17 Å². The van der Waals surface area contributed by atoms with Gasteiger partial charge in [0.2, 0.25) is 5.91 Å². The summed E-state index contributed by atoms with van der Waals surface area (Å²) in [5, 5.41) is 9.10. The number of anilines is 1. The Hall–Kier alpha value is -1.82. The average Bonchev–Trinajstić information content (AvgIpc) is 3.21. The maximum absolute atomic E-state index is 12.1. The molecule has 0 spiro atoms. The van der Waals surface area contributed by atoms with Crippen LogP contribution in [0.2, 0.25) is 0 Å². The van der Waals surface area contributed by atoms with E-state index in [0.717, 1.165) is 30.0 Å². The Labute approximate surface area is 127 Å². The lowest BCUT2D eigenvalue weighted by Crippen LogP contribution is -2.30. The predicted octanol–water partition coefficient (Wildman–Crippen LogP) is 3.14. The van der Waals surface area contributed by atoms with E-state index in [9.17, 15) is 9.59 Å². The molecular formula is C15H16N2O3S. The maximum atomic E-state index is 12.1. The fourth-order valence-electron chi connectivity index (χ4n) is 2.47. The van der Waals surface area contributed by atoms with Gasteiger partial charge in [0.05, 0.1) is 11.4 Å². The molecule has 0 unspecified atom stereocenters. The van der Waals surface area contributed by atoms with Crippen LogP contribution in [0.25, 0.3) is 0 Å². The Morgan fingerprint density at radius 3 is 2.86 bits per heavy atom. The zero-order valence-electron chi connectivity index (χ0n) is 11.5. The molecule has 0 aromatic heterocycles. The van der Waals surface area contributed by atoms with Crippen LogP contribution in [0.15, 0.2) is 29.3 Å². The molecule has 1 heterocycles. The fraction of sp³-hybridized carbons (Fsp3) is 0.400. The smallest absolute Gasteiger partial charge is 0.433 e. The Bertz CT molecular complexity index is 611. The topological polar surface area (TPSA) is 70.0 Å². The Kier molecular flexibility index (Phi) is 3.96. The third kappa shape index (κ3) is 3.26. The van der Waals surface area contributed by atoms with E-state index >= 15 is 0 Å². The van der Waals surface area contributed by atoms with Gasteiger partial charge >= 0.3 is 6.09 Å². The molecule has 0 bridgehead atoms. The number of hydrogen-bond acceptors (Lipinski definition) is 3. The molecule has 1 N–H and O–H groups in total. The lowest BCUT2D eigenvalue weighted by atomic mass is 10.0. The highest BCUT2D eigenvalue weighted by atomic mass is 32.2. The number of carbonyl (C=O) groups is 2. The first kappa shape index (κ1) is 14.1. The Morgan fingerprint density at radius 2 is 2.14 bits per heavy atom. The number of benzene rings is 1. The highest BCUT2D eigenvalue weighted by molar-refractivity contribution is 8.15. The minimum Gasteiger partial charge on any atom is -0.463 e. The second-order valence-electron chi connectivity index (χ2n) is 5.31. The molecule has 2 fully saturated rings. The van der Waals surface area contributed by atoms with Crippen molar-refractivity contribution in [3.8, 4) is 0 Å². The van der Waals surface area contributed by atoms with Crippen molar-refractivity contribution in [2.24, 2.45) is 10.9 Å². The van der Waals surface area contributed by atoms with Crippen LogP contribution in [0.1, 0.15) is 24.8 Å². The van der Waals surface area contributed by atoms with Gasteiger partial charge in [-0.2, -0.15) is 4.99 Å². The summed E-state index contributed by atoms with van der Waals surface area (Å²) in [5.74, 6) is 0.941. The molecule has 21 heavy (non-hydrogen) atoms. The minimum atomic E-state index is -1.27. The highest BCUT2D eigenvalue weighted by Gasteiger charge is 2.32. The van der Waals surface area contributed by atoms with Crippen molar-refractivity contribution in [3.63, 3.8) is 0 Å². The van der Waals surface area contributed by atoms with Gasteiger partial charge in [0.1, 0.15) is 0 Å². The van der Waals surface area contributed by atoms with Crippen molar-refractivity contribution < 1.29 is 14.7 Å². The molecular weight excluding hydrogens is 288 g/mol. The van der Waals surface area contributed by atoms with Gasteiger partial charge in [-0.05, 0) is 30.4 Å². The number of thioether (sulfide) groups is 1. The van der Waals surface area contributed by atoms with E-state index in [1.165, 1.54) is 29.5 Å². The van der Waals surface area contributed by atoms with Crippen LogP contribution in [0, 0.1) is 5.92 Å². The molecule has 2 amide bonds. The average molecular weight is 304 g/mol. The molecule has 2 aliphatic rings. The summed E-state index contributed by atoms with van der Waals surface area (Å²) in [6.45, 7) is 0. The van der Waals surface area contributed by atoms with E-state index in [1.54, 1.807) is 0 Å². The number of amidine groups is 1. The third-order valence-corrected chi connectivity index (χ3v) is 4.63. The molecule has 1 saturated carbocycles. The van der Waals surface area contributed by atoms with E-state index in [4.69, 9.17) is 5.11 Å². The standard InChI is InChI=1S/C15H16N2O3S/c18-13-9-21-14(16-15(19)20)17(13)12-4-2-1-3-11(12)8-7-10-5-6-10/h1-4,10H,5-9H2,(H,19,20)/b16-14-. The number of carboxylic acid groups (broad SMARTS) is 1. The van der Waals surface area contributed by atoms with Crippen LogP contribution in [-0.2, 0) is 11.2 Å². The number of nitrogens with zero attached hydrogens (tertiary/aromatic N) is 2. The molecule has 1 aliphatic heterocycles. The van der Waals surface area contributed by atoms with E-state index in [2.05, 4.69) is 4.99 Å². The lowest BCUT2D eigenvalue weighted by molar-refractivity contribution is -0.115. The lowest BCUT2D eigenvalue weighted by Gasteiger charge is -2.19. The van der Waals surface area contributed by atoms with Crippen molar-refractivity contribution in [2.45, 2.75) is 25.7 Å². The van der Waals surface area contributed by atoms with Gasteiger partial charge in [-0.15, -0.1) is 0 Å². The zero-order chi connectivity index (χ0) is 14.8. The molecule has 1 aromatic carbocycles. The molecule has 0 radical (unpaired) electrons. The van der Waals surface area contributed by atoms with Gasteiger partial charge in [-0.3, -0.25) is 9.69 Å². The largest absolute Gasteiger partial charge is 0.463 e. The molecule has 0 atom stereocenters. The van der Waals surface area contributed by atoms with Gasteiger partial charge < -0.3 is 5.11 Å². The molecule has 5 nitrogen and oxygen atoms in total. The molecule has 110 valence electrons. The van der Waals surface area contributed by atoms with E-state index in [1.807, 2.05) is 24.3 Å². The Morgan fingerprint density at radius 1 is 1.38 bits per heavy atom. The molecule has 1 saturated heterocycles. The molecule has 6 heteroatoms. The van der Waals surface area contributed by atoms with Crippen molar-refractivity contribution in [1.29, 1.82) is 0 Å². The SMILES string of the molecule is O=C(O)/N=C1\SCC(=O)N1c1ccccc1CCC1CC1. The molecule has 1 aromatic rings. The second kappa shape index (κ2) is 5.89. The number of rotatable bonds is 4. The summed E-state index contributed by atoms with van der Waals surface area (Å²) >= 11 is 1.17. The normalized spacial score (nSPS) is 20.3. The third-order valence-electron chi connectivity index (χ3n) is 3.71. The Balaban J connectivity index is 1.89. The highest BCUT2D eigenvalue weighted by Crippen LogP contribution is 2.36. The first-order chi connectivity index (χ1) is 10.1. The van der Waals surface area contributed by atoms with Crippen molar-refractivity contribution in [3.05, 3.63) is 29.8 Å². The van der Waals surface area contributed by atoms with E-state index in [0.29, 0.717) is 0 Å². The van der Waals surface area contributed by atoms with Crippen LogP contribution < -0.4 is 4.90 Å². The second-order valence-corrected chi connectivity index (χ2v) is 6.25. The number of amides is 2. The summed E-state index contributed by atoms with van der Waals surface area (Å²) in [6, 6.07) is 7.69. The van der Waals surface area contributed by atoms with Gasteiger partial charge in [0.25, 0.3) is 0 Å². The van der Waals surface area contributed by atoms with Crippen molar-refractivity contribution in [2.75, 3.05) is 10.7 Å². The number of carbonyl (C=O) groups excluding carboxylic acids is 1. The summed E-state index contributed by atoms with van der Waals surface area (Å²) in [5.41, 5.74) is 1.85. The predicted molar refractivity (Wildman–Crippen MR) is 82.9 cm³/mol. The molecule has 1 aliphatic carbocycles. The quantitative estimate of drug-likeness (QED) is 0.927. The minimum absolute atomic E-state index is 0.112. The monoisotopic (exact) mass is 304 g/mol. The zero-order valence-corrected chi connectivity index (χ0v) is 12.3. The maximum Gasteiger partial charge on any atom is 0.433 e. The van der Waals surface area contributed by atoms with Crippen LogP contribution in [0.5, 0.6) is 0 Å². The summed E-state index contributed by atoms with van der Waals surface area (Å²) in [4.78, 5) is 27.9. The van der Waals surface area contributed by atoms with Crippen molar-refractivity contribution >= 4 is 34.6 Å². The number of aliphatic imine (C=N–C) groups is 1. The van der Waals surface area contributed by atoms with Crippen molar-refractivity contribution in [1.82, 2.24) is 0 Å². The number of hydrogen-bond donors (Lipinski definition) is 1. The van der Waals surface area contributed by atoms with E-state index < -0.39 is 6.09 Å². The van der Waals surface area contributed by atoms with Gasteiger partial charge in [0, 0.05) is 0 Å². The summed E-state index contributed by atoms with van der Waals surface area (Å²) in [6.07, 6.45) is 3.36. The van der Waals surface area contributed by atoms with Crippen LogP contribution in [0.4, 0.5) is 10.5 Å². The number of para-hydroxylation sites is 1. The van der Waals surface area contributed by atoms with E-state index in [-0.39, 0.29) is 16.8 Å². The van der Waals surface area contributed by atoms with Gasteiger partial charge in [-0.1, -0.05) is 42.8 Å². The van der Waals surface area contributed by atoms with Gasteiger partial charge in [-0.25, -0.2) is 4.79 Å². The fourth-order valence-corrected chi connectivity index (χ4v) is 3.32. The summed E-state index contributed by atoms with van der Waals surface area (Å²) < 4.78 is 0. The first-order valence-electron chi connectivity index (χ1n) is 7.00.